The number of nitrogens with zero attached hydrogens (tertiary/aromatic N) is 1. The highest BCUT2D eigenvalue weighted by Crippen LogP contribution is 2.20. The molecule has 0 unspecified atom stereocenters. The fraction of sp³-hybridized carbons (Fsp3) is 0.545. The minimum Gasteiger partial charge on any atom is -0.741 e. The van der Waals surface area contributed by atoms with Crippen LogP contribution in [0, 0.1) is 6.92 Å². The fourth-order valence-electron chi connectivity index (χ4n) is 1.02. The predicted octanol–water partition coefficient (Wildman–Crippen LogP) is 2.13. The number of pyridine rings is 1. The first-order valence-electron chi connectivity index (χ1n) is 5.55. The molecule has 0 saturated carbocycles. The molecule has 110 valence electrons. The molecule has 1 rings (SSSR count). The van der Waals surface area contributed by atoms with Gasteiger partial charge in [-0.1, -0.05) is 13.3 Å². The Morgan fingerprint density at radius 2 is 1.68 bits per heavy atom. The quantitative estimate of drug-likeness (QED) is 0.488. The largest absolute Gasteiger partial charge is 0.741 e. The van der Waals surface area contributed by atoms with Crippen LogP contribution in [0.4, 0.5) is 13.2 Å². The van der Waals surface area contributed by atoms with Gasteiger partial charge >= 0.3 is 5.51 Å². The first kappa shape index (κ1) is 17.8. The van der Waals surface area contributed by atoms with Gasteiger partial charge in [0.2, 0.25) is 0 Å². The van der Waals surface area contributed by atoms with E-state index in [1.165, 1.54) is 18.4 Å². The van der Waals surface area contributed by atoms with Gasteiger partial charge in [0.05, 0.1) is 0 Å². The van der Waals surface area contributed by atoms with Crippen molar-refractivity contribution in [1.82, 2.24) is 0 Å². The highest BCUT2D eigenvalue weighted by atomic mass is 32.2. The molecule has 1 aromatic rings. The van der Waals surface area contributed by atoms with Crippen LogP contribution in [0.3, 0.4) is 0 Å². The van der Waals surface area contributed by atoms with Crippen molar-refractivity contribution in [2.75, 3.05) is 0 Å². The van der Waals surface area contributed by atoms with E-state index in [0.29, 0.717) is 0 Å². The molecule has 0 saturated heterocycles. The molecular weight excluding hydrogens is 283 g/mol. The maximum atomic E-state index is 10.7. The van der Waals surface area contributed by atoms with Crippen LogP contribution < -0.4 is 4.57 Å². The minimum atomic E-state index is -6.09. The molecule has 1 heterocycles. The molecule has 0 radical (unpaired) electrons. The van der Waals surface area contributed by atoms with Gasteiger partial charge in [0.1, 0.15) is 6.54 Å². The number of unbranched alkanes of at least 4 members (excludes halogenated alkanes) is 1. The van der Waals surface area contributed by atoms with Crippen LogP contribution in [0.25, 0.3) is 0 Å². The zero-order chi connectivity index (χ0) is 15.1. The average Bonchev–Trinajstić information content (AvgIpc) is 2.26. The van der Waals surface area contributed by atoms with Crippen molar-refractivity contribution in [2.24, 2.45) is 0 Å². The number of aryl methyl sites for hydroxylation is 2. The Labute approximate surface area is 110 Å². The van der Waals surface area contributed by atoms with Gasteiger partial charge in [-0.2, -0.15) is 13.2 Å². The van der Waals surface area contributed by atoms with Crippen LogP contribution in [0.15, 0.2) is 24.5 Å². The third-order valence-corrected chi connectivity index (χ3v) is 2.68. The first-order chi connectivity index (χ1) is 8.58. The molecule has 0 aliphatic carbocycles. The van der Waals surface area contributed by atoms with Gasteiger partial charge < -0.3 is 4.55 Å². The van der Waals surface area contributed by atoms with E-state index < -0.39 is 15.6 Å². The van der Waals surface area contributed by atoms with Gasteiger partial charge in [0, 0.05) is 18.6 Å². The minimum absolute atomic E-state index is 1.15. The van der Waals surface area contributed by atoms with E-state index in [-0.39, 0.29) is 0 Å². The maximum absolute atomic E-state index is 10.7. The third kappa shape index (κ3) is 7.78. The first-order valence-corrected chi connectivity index (χ1v) is 6.96. The Hall–Kier alpha value is -1.15. The summed E-state index contributed by atoms with van der Waals surface area (Å²) in [6.07, 6.45) is 6.82. The molecule has 0 aliphatic heterocycles. The topological polar surface area (TPSA) is 61.1 Å². The van der Waals surface area contributed by atoms with Gasteiger partial charge in [0.15, 0.2) is 22.5 Å². The SMILES string of the molecule is CCCC[n+]1ccc(C)cc1.O=S(=O)([O-])C(F)(F)F. The van der Waals surface area contributed by atoms with E-state index in [1.54, 1.807) is 0 Å². The standard InChI is InChI=1S/C10H16N.CHF3O3S/c1-3-4-7-11-8-5-10(2)6-9-11;2-1(3,4)8(5,6)7/h5-6,8-9H,3-4,7H2,1-2H3;(H,5,6,7)/q+1;/p-1. The van der Waals surface area contributed by atoms with Crippen LogP contribution in [0.5, 0.6) is 0 Å². The lowest BCUT2D eigenvalue weighted by molar-refractivity contribution is -0.697. The number of alkyl halides is 3. The summed E-state index contributed by atoms with van der Waals surface area (Å²) in [5.74, 6) is 0. The summed E-state index contributed by atoms with van der Waals surface area (Å²) in [7, 11) is -6.09. The Morgan fingerprint density at radius 3 is 2.00 bits per heavy atom. The van der Waals surface area contributed by atoms with Crippen molar-refractivity contribution >= 4 is 10.1 Å². The van der Waals surface area contributed by atoms with Crippen LogP contribution in [-0.2, 0) is 16.7 Å². The van der Waals surface area contributed by atoms with Crippen molar-refractivity contribution < 1.29 is 30.7 Å². The summed E-state index contributed by atoms with van der Waals surface area (Å²) in [5.41, 5.74) is -4.31. The van der Waals surface area contributed by atoms with E-state index in [9.17, 15) is 13.2 Å². The summed E-state index contributed by atoms with van der Waals surface area (Å²) in [4.78, 5) is 0. The van der Waals surface area contributed by atoms with Crippen molar-refractivity contribution in [2.45, 2.75) is 38.7 Å². The van der Waals surface area contributed by atoms with Crippen molar-refractivity contribution in [3.8, 4) is 0 Å². The molecule has 8 heteroatoms. The molecule has 0 aliphatic rings. The molecule has 4 nitrogen and oxygen atoms in total. The van der Waals surface area contributed by atoms with Crippen molar-refractivity contribution in [3.05, 3.63) is 30.1 Å². The third-order valence-electron chi connectivity index (χ3n) is 2.11. The lowest BCUT2D eigenvalue weighted by Gasteiger charge is -2.08. The molecule has 0 atom stereocenters. The highest BCUT2D eigenvalue weighted by molar-refractivity contribution is 7.86. The molecular formula is C11H16F3NO3S. The van der Waals surface area contributed by atoms with E-state index in [4.69, 9.17) is 13.0 Å². The molecule has 0 amide bonds. The molecule has 1 aromatic heterocycles. The van der Waals surface area contributed by atoms with E-state index in [0.717, 1.165) is 6.54 Å². The summed E-state index contributed by atoms with van der Waals surface area (Å²) < 4.78 is 61.1. The number of hydrogen-bond acceptors (Lipinski definition) is 3. The van der Waals surface area contributed by atoms with E-state index in [2.05, 4.69) is 42.9 Å². The van der Waals surface area contributed by atoms with Gasteiger partial charge in [-0.05, 0) is 12.5 Å². The molecule has 0 bridgehead atoms. The van der Waals surface area contributed by atoms with Crippen LogP contribution in [0.2, 0.25) is 0 Å². The normalized spacial score (nSPS) is 11.7. The Kier molecular flexibility index (Phi) is 6.99. The number of hydrogen-bond donors (Lipinski definition) is 0. The van der Waals surface area contributed by atoms with Crippen molar-refractivity contribution in [1.29, 1.82) is 0 Å². The second-order valence-electron chi connectivity index (χ2n) is 3.87. The maximum Gasteiger partial charge on any atom is 0.485 e. The van der Waals surface area contributed by atoms with Gasteiger partial charge in [-0.3, -0.25) is 0 Å². The molecule has 0 spiro atoms. The number of rotatable bonds is 3. The molecule has 0 fully saturated rings. The highest BCUT2D eigenvalue weighted by Gasteiger charge is 2.36. The molecule has 0 N–H and O–H groups in total. The van der Waals surface area contributed by atoms with E-state index in [1.807, 2.05) is 0 Å². The second-order valence-corrected chi connectivity index (χ2v) is 5.24. The number of aromatic nitrogens is 1. The summed E-state index contributed by atoms with van der Waals surface area (Å²) >= 11 is 0. The summed E-state index contributed by atoms with van der Waals surface area (Å²) in [6.45, 7) is 5.48. The Balaban J connectivity index is 0.000000362. The lowest BCUT2D eigenvalue weighted by Crippen LogP contribution is -2.32. The monoisotopic (exact) mass is 299 g/mol. The van der Waals surface area contributed by atoms with Crippen LogP contribution >= 0.6 is 0 Å². The van der Waals surface area contributed by atoms with Crippen LogP contribution in [-0.4, -0.2) is 18.5 Å². The average molecular weight is 299 g/mol. The summed E-state index contributed by atoms with van der Waals surface area (Å²) in [5, 5.41) is 0. The predicted molar refractivity (Wildman–Crippen MR) is 62.0 cm³/mol. The second kappa shape index (κ2) is 7.44. The smallest absolute Gasteiger partial charge is 0.485 e. The Bertz CT molecular complexity index is 469. The zero-order valence-corrected chi connectivity index (χ0v) is 11.5. The molecule has 19 heavy (non-hydrogen) atoms. The van der Waals surface area contributed by atoms with Gasteiger partial charge in [0.25, 0.3) is 0 Å². The zero-order valence-electron chi connectivity index (χ0n) is 10.6. The van der Waals surface area contributed by atoms with E-state index >= 15 is 0 Å². The van der Waals surface area contributed by atoms with Gasteiger partial charge in [-0.15, -0.1) is 0 Å². The summed E-state index contributed by atoms with van der Waals surface area (Å²) in [6, 6.07) is 4.30. The fourth-order valence-corrected chi connectivity index (χ4v) is 1.02. The molecule has 0 aromatic carbocycles. The lowest BCUT2D eigenvalue weighted by atomic mass is 10.3. The number of halogens is 3. The van der Waals surface area contributed by atoms with Gasteiger partial charge in [-0.25, -0.2) is 13.0 Å². The Morgan fingerprint density at radius 1 is 1.26 bits per heavy atom. The van der Waals surface area contributed by atoms with Crippen LogP contribution in [0.1, 0.15) is 25.3 Å². The van der Waals surface area contributed by atoms with Crippen molar-refractivity contribution in [3.63, 3.8) is 0 Å².